The minimum absolute atomic E-state index is 0.0709. The zero-order chi connectivity index (χ0) is 10.2. The predicted octanol–water partition coefficient (Wildman–Crippen LogP) is 3.25. The molecule has 0 fully saturated rings. The third kappa shape index (κ3) is 2.06. The zero-order valence-electron chi connectivity index (χ0n) is 6.74. The number of halogens is 4. The minimum Gasteiger partial charge on any atom is -0.398 e. The highest BCUT2D eigenvalue weighted by atomic mass is 35.5. The van der Waals surface area contributed by atoms with Crippen LogP contribution in [0, 0.1) is 6.92 Å². The van der Waals surface area contributed by atoms with Crippen LogP contribution in [0.25, 0.3) is 0 Å². The fourth-order valence-electron chi connectivity index (χ4n) is 0.949. The van der Waals surface area contributed by atoms with Crippen LogP contribution >= 0.6 is 11.6 Å². The summed E-state index contributed by atoms with van der Waals surface area (Å²) in [6.07, 6.45) is -4.44. The number of nitrogen functional groups attached to an aromatic ring is 1. The summed E-state index contributed by atoms with van der Waals surface area (Å²) < 4.78 is 36.7. The van der Waals surface area contributed by atoms with Gasteiger partial charge in [-0.25, -0.2) is 0 Å². The number of benzene rings is 1. The maximum atomic E-state index is 12.2. The van der Waals surface area contributed by atoms with Crippen LogP contribution in [0.3, 0.4) is 0 Å². The van der Waals surface area contributed by atoms with E-state index in [0.29, 0.717) is 5.56 Å². The summed E-state index contributed by atoms with van der Waals surface area (Å²) in [5.41, 5.74) is 4.55. The van der Waals surface area contributed by atoms with Crippen LogP contribution in [-0.4, -0.2) is 0 Å². The maximum absolute atomic E-state index is 12.2. The van der Waals surface area contributed by atoms with E-state index in [4.69, 9.17) is 17.3 Å². The first kappa shape index (κ1) is 10.2. The summed E-state index contributed by atoms with van der Waals surface area (Å²) in [6, 6.07) is 2.05. The molecule has 2 N–H and O–H groups in total. The molecule has 1 rings (SSSR count). The summed E-state index contributed by atoms with van der Waals surface area (Å²) in [6.45, 7) is 1.60. The molecule has 0 radical (unpaired) electrons. The topological polar surface area (TPSA) is 26.0 Å². The molecule has 0 bridgehead atoms. The van der Waals surface area contributed by atoms with Crippen molar-refractivity contribution in [2.24, 2.45) is 0 Å². The largest absolute Gasteiger partial charge is 0.418 e. The third-order valence-corrected chi connectivity index (χ3v) is 2.04. The van der Waals surface area contributed by atoms with E-state index in [9.17, 15) is 13.2 Å². The van der Waals surface area contributed by atoms with Crippen LogP contribution in [-0.2, 0) is 6.18 Å². The third-order valence-electron chi connectivity index (χ3n) is 1.64. The van der Waals surface area contributed by atoms with Crippen molar-refractivity contribution in [3.63, 3.8) is 0 Å². The smallest absolute Gasteiger partial charge is 0.398 e. The van der Waals surface area contributed by atoms with Crippen LogP contribution < -0.4 is 5.73 Å². The van der Waals surface area contributed by atoms with Crippen molar-refractivity contribution in [1.82, 2.24) is 0 Å². The monoisotopic (exact) mass is 209 g/mol. The molecule has 0 amide bonds. The van der Waals surface area contributed by atoms with Crippen LogP contribution in [0.4, 0.5) is 18.9 Å². The summed E-state index contributed by atoms with van der Waals surface area (Å²) in [4.78, 5) is 0. The second kappa shape index (κ2) is 3.10. The molecule has 0 saturated heterocycles. The van der Waals surface area contributed by atoms with Gasteiger partial charge < -0.3 is 5.73 Å². The van der Waals surface area contributed by atoms with E-state index in [0.717, 1.165) is 6.07 Å². The molecule has 0 aliphatic heterocycles. The van der Waals surface area contributed by atoms with Crippen molar-refractivity contribution >= 4 is 17.3 Å². The van der Waals surface area contributed by atoms with Gasteiger partial charge in [0.05, 0.1) is 5.56 Å². The van der Waals surface area contributed by atoms with Crippen molar-refractivity contribution in [2.45, 2.75) is 13.1 Å². The van der Waals surface area contributed by atoms with Crippen LogP contribution in [0.15, 0.2) is 12.1 Å². The Labute approximate surface area is 78.3 Å². The Morgan fingerprint density at radius 3 is 2.31 bits per heavy atom. The number of rotatable bonds is 0. The SMILES string of the molecule is Cc1cc(N)c(C(F)(F)F)cc1Cl. The van der Waals surface area contributed by atoms with E-state index in [1.165, 1.54) is 6.07 Å². The van der Waals surface area contributed by atoms with E-state index in [2.05, 4.69) is 0 Å². The lowest BCUT2D eigenvalue weighted by Crippen LogP contribution is -2.09. The maximum Gasteiger partial charge on any atom is 0.418 e. The fourth-order valence-corrected chi connectivity index (χ4v) is 1.11. The number of nitrogens with two attached hydrogens (primary N) is 1. The van der Waals surface area contributed by atoms with Crippen molar-refractivity contribution in [3.05, 3.63) is 28.3 Å². The van der Waals surface area contributed by atoms with Gasteiger partial charge in [0.25, 0.3) is 0 Å². The molecule has 0 unspecified atom stereocenters. The summed E-state index contributed by atoms with van der Waals surface area (Å²) in [7, 11) is 0. The number of alkyl halides is 3. The van der Waals surface area contributed by atoms with Gasteiger partial charge in [0.2, 0.25) is 0 Å². The second-order valence-corrected chi connectivity index (χ2v) is 3.09. The Bertz CT molecular complexity index is 333. The average molecular weight is 210 g/mol. The zero-order valence-corrected chi connectivity index (χ0v) is 7.50. The van der Waals surface area contributed by atoms with Crippen molar-refractivity contribution in [1.29, 1.82) is 0 Å². The molecule has 5 heteroatoms. The van der Waals surface area contributed by atoms with Gasteiger partial charge in [0.1, 0.15) is 0 Å². The molecule has 0 aliphatic carbocycles. The fraction of sp³-hybridized carbons (Fsp3) is 0.250. The Hall–Kier alpha value is -0.900. The van der Waals surface area contributed by atoms with Gasteiger partial charge in [-0.2, -0.15) is 13.2 Å². The number of hydrogen-bond donors (Lipinski definition) is 1. The number of anilines is 1. The molecular formula is C8H7ClF3N. The van der Waals surface area contributed by atoms with Crippen molar-refractivity contribution < 1.29 is 13.2 Å². The van der Waals surface area contributed by atoms with Gasteiger partial charge in [-0.1, -0.05) is 11.6 Å². The molecule has 0 aromatic heterocycles. The normalized spacial score (nSPS) is 11.8. The molecule has 1 aromatic carbocycles. The van der Waals surface area contributed by atoms with Gasteiger partial charge in [0, 0.05) is 10.7 Å². The number of aryl methyl sites for hydroxylation is 1. The first-order valence-corrected chi connectivity index (χ1v) is 3.83. The molecule has 0 atom stereocenters. The van der Waals surface area contributed by atoms with Crippen LogP contribution in [0.2, 0.25) is 5.02 Å². The predicted molar refractivity (Wildman–Crippen MR) is 45.6 cm³/mol. The molecule has 0 spiro atoms. The molecule has 1 aromatic rings. The Morgan fingerprint density at radius 1 is 1.31 bits per heavy atom. The van der Waals surface area contributed by atoms with Gasteiger partial charge in [-0.3, -0.25) is 0 Å². The summed E-state index contributed by atoms with van der Waals surface area (Å²) in [5.74, 6) is 0. The standard InChI is InChI=1S/C8H7ClF3N/c1-4-2-7(13)5(3-6(4)9)8(10,11)12/h2-3H,13H2,1H3. The van der Waals surface area contributed by atoms with E-state index >= 15 is 0 Å². The summed E-state index contributed by atoms with van der Waals surface area (Å²) >= 11 is 5.54. The molecule has 0 heterocycles. The molecule has 72 valence electrons. The van der Waals surface area contributed by atoms with E-state index < -0.39 is 11.7 Å². The lowest BCUT2D eigenvalue weighted by molar-refractivity contribution is -0.136. The van der Waals surface area contributed by atoms with Gasteiger partial charge in [-0.15, -0.1) is 0 Å². The van der Waals surface area contributed by atoms with E-state index in [-0.39, 0.29) is 10.7 Å². The molecule has 1 nitrogen and oxygen atoms in total. The first-order valence-electron chi connectivity index (χ1n) is 3.45. The van der Waals surface area contributed by atoms with Crippen molar-refractivity contribution in [3.8, 4) is 0 Å². The van der Waals surface area contributed by atoms with Crippen LogP contribution in [0.1, 0.15) is 11.1 Å². The van der Waals surface area contributed by atoms with Crippen molar-refractivity contribution in [2.75, 3.05) is 5.73 Å². The lowest BCUT2D eigenvalue weighted by atomic mass is 10.1. The highest BCUT2D eigenvalue weighted by Gasteiger charge is 2.33. The Kier molecular flexibility index (Phi) is 2.43. The minimum atomic E-state index is -4.44. The Morgan fingerprint density at radius 2 is 1.85 bits per heavy atom. The summed E-state index contributed by atoms with van der Waals surface area (Å²) in [5, 5.41) is 0.0709. The molecular weight excluding hydrogens is 203 g/mol. The highest BCUT2D eigenvalue weighted by Crippen LogP contribution is 2.36. The quantitative estimate of drug-likeness (QED) is 0.652. The van der Waals surface area contributed by atoms with E-state index in [1.807, 2.05) is 0 Å². The molecule has 13 heavy (non-hydrogen) atoms. The van der Waals surface area contributed by atoms with Gasteiger partial charge >= 0.3 is 6.18 Å². The average Bonchev–Trinajstić information content (AvgIpc) is 1.94. The Balaban J connectivity index is 3.32. The van der Waals surface area contributed by atoms with E-state index in [1.54, 1.807) is 6.92 Å². The molecule has 0 aliphatic rings. The highest BCUT2D eigenvalue weighted by molar-refractivity contribution is 6.31. The molecule has 0 saturated carbocycles. The second-order valence-electron chi connectivity index (χ2n) is 2.69. The number of hydrogen-bond acceptors (Lipinski definition) is 1. The van der Waals surface area contributed by atoms with Gasteiger partial charge in [0.15, 0.2) is 0 Å². The van der Waals surface area contributed by atoms with Crippen LogP contribution in [0.5, 0.6) is 0 Å². The first-order chi connectivity index (χ1) is 5.82. The van der Waals surface area contributed by atoms with Gasteiger partial charge in [-0.05, 0) is 24.6 Å². The lowest BCUT2D eigenvalue weighted by Gasteiger charge is -2.11.